The second-order valence-corrected chi connectivity index (χ2v) is 9.21. The molecule has 0 bridgehead atoms. The van der Waals surface area contributed by atoms with E-state index in [1.807, 2.05) is 0 Å². The summed E-state index contributed by atoms with van der Waals surface area (Å²) >= 11 is 0. The van der Waals surface area contributed by atoms with Gasteiger partial charge in [0.2, 0.25) is 10.0 Å². The van der Waals surface area contributed by atoms with Crippen molar-refractivity contribution < 1.29 is 17.9 Å². The van der Waals surface area contributed by atoms with Gasteiger partial charge in [0.25, 0.3) is 0 Å². The maximum Gasteiger partial charge on any atom is 0.243 e. The molecule has 3 aliphatic rings. The Hall–Kier alpha value is -2.09. The van der Waals surface area contributed by atoms with E-state index in [9.17, 15) is 8.42 Å². The first-order chi connectivity index (χ1) is 13.1. The lowest BCUT2D eigenvalue weighted by atomic mass is 9.97. The smallest absolute Gasteiger partial charge is 0.243 e. The first-order valence-corrected chi connectivity index (χ1v) is 10.8. The molecule has 0 unspecified atom stereocenters. The van der Waals surface area contributed by atoms with Crippen LogP contribution in [0.2, 0.25) is 0 Å². The van der Waals surface area contributed by atoms with Gasteiger partial charge in [-0.05, 0) is 29.7 Å². The summed E-state index contributed by atoms with van der Waals surface area (Å²) in [6, 6.07) is 13.7. The quantitative estimate of drug-likeness (QED) is 0.806. The third-order valence-electron chi connectivity index (χ3n) is 5.66. The van der Waals surface area contributed by atoms with Gasteiger partial charge in [-0.3, -0.25) is 4.90 Å². The van der Waals surface area contributed by atoms with Crippen LogP contribution in [0.1, 0.15) is 11.1 Å². The summed E-state index contributed by atoms with van der Waals surface area (Å²) in [4.78, 5) is 2.67. The summed E-state index contributed by atoms with van der Waals surface area (Å²) in [5.41, 5.74) is 2.77. The first kappa shape index (κ1) is 17.0. The molecule has 0 aromatic heterocycles. The molecule has 142 valence electrons. The molecule has 2 aromatic rings. The van der Waals surface area contributed by atoms with Crippen LogP contribution in [0.15, 0.2) is 47.4 Å². The molecule has 0 aliphatic carbocycles. The summed E-state index contributed by atoms with van der Waals surface area (Å²) in [6.07, 6.45) is 1.03. The molecule has 5 rings (SSSR count). The Morgan fingerprint density at radius 3 is 2.48 bits per heavy atom. The van der Waals surface area contributed by atoms with E-state index in [4.69, 9.17) is 9.47 Å². The molecule has 0 atom stereocenters. The van der Waals surface area contributed by atoms with Crippen LogP contribution in [0.3, 0.4) is 0 Å². The molecule has 27 heavy (non-hydrogen) atoms. The van der Waals surface area contributed by atoms with Gasteiger partial charge in [-0.15, -0.1) is 0 Å². The standard InChI is InChI=1S/C20H22N2O4S/c23-27(24,18-5-6-19-20(11-18)26-10-9-25-19)22-13-17(14-22)21-8-7-15-3-1-2-4-16(15)12-21/h1-6,11,17H,7-10,12-14H2. The van der Waals surface area contributed by atoms with E-state index in [1.165, 1.54) is 11.1 Å². The van der Waals surface area contributed by atoms with Gasteiger partial charge >= 0.3 is 0 Å². The van der Waals surface area contributed by atoms with E-state index in [2.05, 4.69) is 29.2 Å². The molecular weight excluding hydrogens is 364 g/mol. The van der Waals surface area contributed by atoms with E-state index in [0.29, 0.717) is 37.8 Å². The minimum atomic E-state index is -3.50. The van der Waals surface area contributed by atoms with Crippen molar-refractivity contribution in [2.24, 2.45) is 0 Å². The maximum absolute atomic E-state index is 12.9. The van der Waals surface area contributed by atoms with E-state index in [-0.39, 0.29) is 10.9 Å². The predicted octanol–water partition coefficient (Wildman–Crippen LogP) is 1.89. The Balaban J connectivity index is 1.28. The van der Waals surface area contributed by atoms with Crippen LogP contribution >= 0.6 is 0 Å². The molecule has 1 saturated heterocycles. The molecular formula is C20H22N2O4S. The monoisotopic (exact) mass is 386 g/mol. The zero-order chi connectivity index (χ0) is 18.4. The van der Waals surface area contributed by atoms with Gasteiger partial charge < -0.3 is 9.47 Å². The fourth-order valence-corrected chi connectivity index (χ4v) is 5.54. The Bertz CT molecular complexity index is 970. The molecule has 0 N–H and O–H groups in total. The van der Waals surface area contributed by atoms with Crippen molar-refractivity contribution in [1.29, 1.82) is 0 Å². The molecule has 0 amide bonds. The van der Waals surface area contributed by atoms with Crippen molar-refractivity contribution in [3.63, 3.8) is 0 Å². The largest absolute Gasteiger partial charge is 0.486 e. The average molecular weight is 386 g/mol. The Kier molecular flexibility index (Phi) is 4.11. The fraction of sp³-hybridized carbons (Fsp3) is 0.400. The molecule has 2 aromatic carbocycles. The van der Waals surface area contributed by atoms with Crippen molar-refractivity contribution in [2.45, 2.75) is 23.9 Å². The van der Waals surface area contributed by atoms with Crippen LogP contribution in [0.4, 0.5) is 0 Å². The van der Waals surface area contributed by atoms with Crippen LogP contribution in [0.5, 0.6) is 11.5 Å². The SMILES string of the molecule is O=S(=O)(c1ccc2c(c1)OCCO2)N1CC(N2CCc3ccccc3C2)C1. The molecule has 7 heteroatoms. The lowest BCUT2D eigenvalue weighted by Crippen LogP contribution is -2.61. The Morgan fingerprint density at radius 1 is 0.926 bits per heavy atom. The summed E-state index contributed by atoms with van der Waals surface area (Å²) in [7, 11) is -3.50. The molecule has 3 aliphatic heterocycles. The zero-order valence-electron chi connectivity index (χ0n) is 15.0. The van der Waals surface area contributed by atoms with Crippen molar-refractivity contribution in [2.75, 3.05) is 32.8 Å². The number of hydrogen-bond donors (Lipinski definition) is 0. The molecule has 3 heterocycles. The number of rotatable bonds is 3. The highest BCUT2D eigenvalue weighted by molar-refractivity contribution is 7.89. The average Bonchev–Trinajstić information content (AvgIpc) is 2.66. The zero-order valence-corrected chi connectivity index (χ0v) is 15.8. The molecule has 0 saturated carbocycles. The highest BCUT2D eigenvalue weighted by Gasteiger charge is 2.40. The van der Waals surface area contributed by atoms with Gasteiger partial charge in [-0.1, -0.05) is 24.3 Å². The molecule has 0 spiro atoms. The van der Waals surface area contributed by atoms with Gasteiger partial charge in [0.05, 0.1) is 4.90 Å². The maximum atomic E-state index is 12.9. The summed E-state index contributed by atoms with van der Waals surface area (Å²) in [5.74, 6) is 1.11. The normalized spacial score (nSPS) is 20.7. The van der Waals surface area contributed by atoms with Crippen molar-refractivity contribution in [3.05, 3.63) is 53.6 Å². The van der Waals surface area contributed by atoms with Crippen LogP contribution in [0, 0.1) is 0 Å². The number of sulfonamides is 1. The van der Waals surface area contributed by atoms with Gasteiger partial charge in [0.15, 0.2) is 11.5 Å². The van der Waals surface area contributed by atoms with Crippen molar-refractivity contribution >= 4 is 10.0 Å². The van der Waals surface area contributed by atoms with Gasteiger partial charge in [-0.25, -0.2) is 8.42 Å². The number of benzene rings is 2. The highest BCUT2D eigenvalue weighted by Crippen LogP contribution is 2.35. The van der Waals surface area contributed by atoms with Crippen LogP contribution in [0.25, 0.3) is 0 Å². The van der Waals surface area contributed by atoms with Crippen LogP contribution in [-0.4, -0.2) is 56.5 Å². The van der Waals surface area contributed by atoms with E-state index < -0.39 is 10.0 Å². The van der Waals surface area contributed by atoms with Crippen LogP contribution < -0.4 is 9.47 Å². The minimum Gasteiger partial charge on any atom is -0.486 e. The number of nitrogens with zero attached hydrogens (tertiary/aromatic N) is 2. The third kappa shape index (κ3) is 2.99. The number of hydrogen-bond acceptors (Lipinski definition) is 5. The second-order valence-electron chi connectivity index (χ2n) is 7.27. The lowest BCUT2D eigenvalue weighted by Gasteiger charge is -2.46. The Morgan fingerprint density at radius 2 is 1.67 bits per heavy atom. The van der Waals surface area contributed by atoms with E-state index in [1.54, 1.807) is 22.5 Å². The molecule has 0 radical (unpaired) electrons. The highest BCUT2D eigenvalue weighted by atomic mass is 32.2. The summed E-state index contributed by atoms with van der Waals surface area (Å²) < 4.78 is 38.4. The summed E-state index contributed by atoms with van der Waals surface area (Å²) in [5, 5.41) is 0. The Labute approximate surface area is 159 Å². The van der Waals surface area contributed by atoms with E-state index >= 15 is 0 Å². The van der Waals surface area contributed by atoms with Gasteiger partial charge in [0.1, 0.15) is 13.2 Å². The summed E-state index contributed by atoms with van der Waals surface area (Å²) in [6.45, 7) is 3.90. The fourth-order valence-electron chi connectivity index (χ4n) is 4.01. The third-order valence-corrected chi connectivity index (χ3v) is 7.48. The number of fused-ring (bicyclic) bond motifs is 2. The lowest BCUT2D eigenvalue weighted by molar-refractivity contribution is 0.0768. The van der Waals surface area contributed by atoms with Crippen molar-refractivity contribution in [1.82, 2.24) is 9.21 Å². The molecule has 6 nitrogen and oxygen atoms in total. The topological polar surface area (TPSA) is 59.1 Å². The van der Waals surface area contributed by atoms with Crippen molar-refractivity contribution in [3.8, 4) is 11.5 Å². The number of ether oxygens (including phenoxy) is 2. The van der Waals surface area contributed by atoms with Gasteiger partial charge in [-0.2, -0.15) is 4.31 Å². The van der Waals surface area contributed by atoms with Gasteiger partial charge in [0, 0.05) is 38.3 Å². The minimum absolute atomic E-state index is 0.272. The predicted molar refractivity (Wildman–Crippen MR) is 101 cm³/mol. The second kappa shape index (κ2) is 6.51. The molecule has 1 fully saturated rings. The van der Waals surface area contributed by atoms with Crippen LogP contribution in [-0.2, 0) is 23.0 Å². The first-order valence-electron chi connectivity index (χ1n) is 9.32. The van der Waals surface area contributed by atoms with E-state index in [0.717, 1.165) is 19.5 Å².